The molecule has 0 spiro atoms. The number of aromatic nitrogens is 2. The van der Waals surface area contributed by atoms with Crippen LogP contribution in [-0.2, 0) is 6.54 Å². The smallest absolute Gasteiger partial charge is 0.305 e. The summed E-state index contributed by atoms with van der Waals surface area (Å²) in [6, 6.07) is 6.19. The summed E-state index contributed by atoms with van der Waals surface area (Å²) in [6.45, 7) is 2.71. The lowest BCUT2D eigenvalue weighted by Crippen LogP contribution is -2.14. The van der Waals surface area contributed by atoms with E-state index in [1.54, 1.807) is 4.57 Å². The zero-order valence-electron chi connectivity index (χ0n) is 10.7. The third kappa shape index (κ3) is 1.70. The number of hydrogen-bond acceptors (Lipinski definition) is 1. The second kappa shape index (κ2) is 4.48. The zero-order valence-corrected chi connectivity index (χ0v) is 10.7. The predicted molar refractivity (Wildman–Crippen MR) is 74.7 cm³/mol. The van der Waals surface area contributed by atoms with Crippen molar-refractivity contribution in [2.75, 3.05) is 0 Å². The number of hydrogen-bond donors (Lipinski definition) is 1. The lowest BCUT2D eigenvalue weighted by Gasteiger charge is -2.13. The molecule has 3 rings (SSSR count). The highest BCUT2D eigenvalue weighted by Gasteiger charge is 2.13. The van der Waals surface area contributed by atoms with Gasteiger partial charge in [0.1, 0.15) is 0 Å². The van der Waals surface area contributed by atoms with Crippen LogP contribution in [0, 0.1) is 0 Å². The van der Waals surface area contributed by atoms with E-state index in [1.807, 2.05) is 19.1 Å². The van der Waals surface area contributed by atoms with Crippen LogP contribution in [0.2, 0.25) is 0 Å². The molecule has 1 aromatic heterocycles. The normalized spacial score (nSPS) is 15.9. The standard InChI is InChI=1S/C15H18N2O/c1-2-17-13-10-6-9-12(14(13)16-15(17)18)11-7-4-3-5-8-11/h6-7,9-10H,2-5,8H2,1H3,(H,16,18). The van der Waals surface area contributed by atoms with Crippen molar-refractivity contribution in [3.8, 4) is 0 Å². The molecule has 3 heteroatoms. The summed E-state index contributed by atoms with van der Waals surface area (Å²) < 4.78 is 1.79. The Morgan fingerprint density at radius 3 is 2.94 bits per heavy atom. The number of H-pyrrole nitrogens is 1. The number of aromatic amines is 1. The summed E-state index contributed by atoms with van der Waals surface area (Å²) in [6.07, 6.45) is 7.13. The predicted octanol–water partition coefficient (Wildman–Crippen LogP) is 3.31. The van der Waals surface area contributed by atoms with E-state index in [2.05, 4.69) is 17.1 Å². The molecule has 2 aromatic rings. The molecule has 1 aromatic carbocycles. The number of fused-ring (bicyclic) bond motifs is 1. The Kier molecular flexibility index (Phi) is 2.82. The summed E-state index contributed by atoms with van der Waals surface area (Å²) in [5, 5.41) is 0. The fourth-order valence-electron chi connectivity index (χ4n) is 2.84. The number of nitrogens with one attached hydrogen (secondary N) is 1. The van der Waals surface area contributed by atoms with E-state index < -0.39 is 0 Å². The number of nitrogens with zero attached hydrogens (tertiary/aromatic N) is 1. The van der Waals surface area contributed by atoms with Gasteiger partial charge in [0, 0.05) is 12.1 Å². The van der Waals surface area contributed by atoms with Crippen LogP contribution < -0.4 is 5.69 Å². The Balaban J connectivity index is 2.24. The molecule has 94 valence electrons. The van der Waals surface area contributed by atoms with Crippen LogP contribution in [0.25, 0.3) is 16.6 Å². The molecule has 0 aliphatic heterocycles. The van der Waals surface area contributed by atoms with Gasteiger partial charge in [-0.05, 0) is 44.2 Å². The topological polar surface area (TPSA) is 37.8 Å². The van der Waals surface area contributed by atoms with E-state index in [0.717, 1.165) is 23.9 Å². The second-order valence-electron chi connectivity index (χ2n) is 4.85. The van der Waals surface area contributed by atoms with Gasteiger partial charge in [0.2, 0.25) is 0 Å². The van der Waals surface area contributed by atoms with Crippen molar-refractivity contribution in [1.29, 1.82) is 0 Å². The fraction of sp³-hybridized carbons (Fsp3) is 0.400. The molecule has 18 heavy (non-hydrogen) atoms. The van der Waals surface area contributed by atoms with E-state index in [1.165, 1.54) is 24.0 Å². The van der Waals surface area contributed by atoms with Gasteiger partial charge in [-0.25, -0.2) is 4.79 Å². The first-order chi connectivity index (χ1) is 8.81. The Hall–Kier alpha value is -1.77. The van der Waals surface area contributed by atoms with Gasteiger partial charge in [0.15, 0.2) is 0 Å². The highest BCUT2D eigenvalue weighted by Crippen LogP contribution is 2.30. The van der Waals surface area contributed by atoms with Crippen molar-refractivity contribution in [3.63, 3.8) is 0 Å². The Bertz CT molecular complexity index is 661. The van der Waals surface area contributed by atoms with Gasteiger partial charge in [0.25, 0.3) is 0 Å². The van der Waals surface area contributed by atoms with Crippen LogP contribution in [0.1, 0.15) is 38.2 Å². The van der Waals surface area contributed by atoms with Crippen molar-refractivity contribution in [2.45, 2.75) is 39.2 Å². The summed E-state index contributed by atoms with van der Waals surface area (Å²) in [5.74, 6) is 0. The van der Waals surface area contributed by atoms with Gasteiger partial charge in [-0.2, -0.15) is 0 Å². The van der Waals surface area contributed by atoms with Gasteiger partial charge >= 0.3 is 5.69 Å². The molecule has 1 aliphatic carbocycles. The summed E-state index contributed by atoms with van der Waals surface area (Å²) in [7, 11) is 0. The minimum absolute atomic E-state index is 0.00337. The van der Waals surface area contributed by atoms with Crippen molar-refractivity contribution >= 4 is 16.6 Å². The van der Waals surface area contributed by atoms with E-state index in [4.69, 9.17) is 0 Å². The Labute approximate surface area is 106 Å². The van der Waals surface area contributed by atoms with Crippen LogP contribution in [0.3, 0.4) is 0 Å². The van der Waals surface area contributed by atoms with Crippen LogP contribution in [0.5, 0.6) is 0 Å². The minimum Gasteiger partial charge on any atom is -0.305 e. The van der Waals surface area contributed by atoms with Gasteiger partial charge in [-0.15, -0.1) is 0 Å². The average Bonchev–Trinajstić information content (AvgIpc) is 2.74. The van der Waals surface area contributed by atoms with Crippen LogP contribution >= 0.6 is 0 Å². The molecule has 0 unspecified atom stereocenters. The molecular formula is C15H18N2O. The first-order valence-electron chi connectivity index (χ1n) is 6.72. The number of imidazole rings is 1. The van der Waals surface area contributed by atoms with E-state index >= 15 is 0 Å². The van der Waals surface area contributed by atoms with Crippen molar-refractivity contribution in [1.82, 2.24) is 9.55 Å². The van der Waals surface area contributed by atoms with Crippen molar-refractivity contribution in [2.24, 2.45) is 0 Å². The number of aryl methyl sites for hydroxylation is 1. The quantitative estimate of drug-likeness (QED) is 0.862. The molecule has 1 aliphatic rings. The number of rotatable bonds is 2. The number of benzene rings is 1. The van der Waals surface area contributed by atoms with Crippen LogP contribution in [0.4, 0.5) is 0 Å². The van der Waals surface area contributed by atoms with E-state index in [0.29, 0.717) is 6.54 Å². The summed E-state index contributed by atoms with van der Waals surface area (Å²) in [4.78, 5) is 14.9. The average molecular weight is 242 g/mol. The third-order valence-corrected chi connectivity index (χ3v) is 3.76. The van der Waals surface area contributed by atoms with E-state index in [9.17, 15) is 4.79 Å². The maximum absolute atomic E-state index is 11.9. The zero-order chi connectivity index (χ0) is 12.5. The maximum atomic E-state index is 11.9. The molecule has 0 bridgehead atoms. The van der Waals surface area contributed by atoms with Gasteiger partial charge < -0.3 is 4.98 Å². The van der Waals surface area contributed by atoms with Gasteiger partial charge in [-0.3, -0.25) is 4.57 Å². The molecule has 1 N–H and O–H groups in total. The number of para-hydroxylation sites is 1. The monoisotopic (exact) mass is 242 g/mol. The Morgan fingerprint density at radius 2 is 2.22 bits per heavy atom. The van der Waals surface area contributed by atoms with Gasteiger partial charge in [-0.1, -0.05) is 18.2 Å². The van der Waals surface area contributed by atoms with E-state index in [-0.39, 0.29) is 5.69 Å². The maximum Gasteiger partial charge on any atom is 0.326 e. The molecule has 0 amide bonds. The molecular weight excluding hydrogens is 224 g/mol. The molecule has 0 fully saturated rings. The lowest BCUT2D eigenvalue weighted by molar-refractivity contribution is 0.742. The molecule has 0 saturated carbocycles. The van der Waals surface area contributed by atoms with Gasteiger partial charge in [0.05, 0.1) is 11.0 Å². The SMILES string of the molecule is CCn1c(=O)[nH]c2c(C3=CCCCC3)cccc21. The van der Waals surface area contributed by atoms with Crippen molar-refractivity contribution < 1.29 is 0 Å². The molecule has 0 radical (unpaired) electrons. The molecule has 3 nitrogen and oxygen atoms in total. The Morgan fingerprint density at radius 1 is 1.33 bits per heavy atom. The molecule has 0 saturated heterocycles. The minimum atomic E-state index is -0.00337. The summed E-state index contributed by atoms with van der Waals surface area (Å²) >= 11 is 0. The van der Waals surface area contributed by atoms with Crippen LogP contribution in [0.15, 0.2) is 29.1 Å². The molecule has 0 atom stereocenters. The van der Waals surface area contributed by atoms with Crippen LogP contribution in [-0.4, -0.2) is 9.55 Å². The first kappa shape index (κ1) is 11.3. The summed E-state index contributed by atoms with van der Waals surface area (Å²) in [5.41, 5.74) is 4.60. The third-order valence-electron chi connectivity index (χ3n) is 3.76. The number of allylic oxidation sites excluding steroid dienone is 2. The largest absolute Gasteiger partial charge is 0.326 e. The fourth-order valence-corrected chi connectivity index (χ4v) is 2.84. The molecule has 1 heterocycles. The second-order valence-corrected chi connectivity index (χ2v) is 4.85. The highest BCUT2D eigenvalue weighted by atomic mass is 16.1. The lowest BCUT2D eigenvalue weighted by atomic mass is 9.93. The van der Waals surface area contributed by atoms with Crippen molar-refractivity contribution in [3.05, 3.63) is 40.3 Å². The first-order valence-corrected chi connectivity index (χ1v) is 6.72. The highest BCUT2D eigenvalue weighted by molar-refractivity contribution is 5.89.